The lowest BCUT2D eigenvalue weighted by Crippen LogP contribution is -2.37. The molecule has 1 aliphatic rings. The largest absolute Gasteiger partial charge is 0.497 e. The molecule has 0 radical (unpaired) electrons. The van der Waals surface area contributed by atoms with Crippen LogP contribution in [-0.2, 0) is 17.9 Å². The SMILES string of the molecule is COc1cccc(CN2Cc3cc(NC(=O)c4cccs4)ccc3O[C@H](C)C2=O)c1. The number of carbonyl (C=O) groups is 2. The number of anilines is 1. The van der Waals surface area contributed by atoms with Crippen molar-refractivity contribution in [2.75, 3.05) is 12.4 Å². The zero-order valence-corrected chi connectivity index (χ0v) is 17.6. The number of methoxy groups -OCH3 is 1. The first-order valence-electron chi connectivity index (χ1n) is 9.59. The van der Waals surface area contributed by atoms with E-state index in [9.17, 15) is 9.59 Å². The van der Waals surface area contributed by atoms with Crippen LogP contribution in [0, 0.1) is 0 Å². The number of hydrogen-bond donors (Lipinski definition) is 1. The number of fused-ring (bicyclic) bond motifs is 1. The highest BCUT2D eigenvalue weighted by Gasteiger charge is 2.28. The fraction of sp³-hybridized carbons (Fsp3) is 0.217. The monoisotopic (exact) mass is 422 g/mol. The predicted molar refractivity (Wildman–Crippen MR) is 116 cm³/mol. The van der Waals surface area contributed by atoms with Crippen LogP contribution < -0.4 is 14.8 Å². The van der Waals surface area contributed by atoms with E-state index in [2.05, 4.69) is 5.32 Å². The molecule has 1 atom stereocenters. The highest BCUT2D eigenvalue weighted by molar-refractivity contribution is 7.12. The Morgan fingerprint density at radius 3 is 2.87 bits per heavy atom. The smallest absolute Gasteiger partial charge is 0.265 e. The summed E-state index contributed by atoms with van der Waals surface area (Å²) in [6, 6.07) is 16.7. The van der Waals surface area contributed by atoms with E-state index in [-0.39, 0.29) is 11.8 Å². The molecule has 30 heavy (non-hydrogen) atoms. The molecule has 1 aromatic heterocycles. The number of carbonyl (C=O) groups excluding carboxylic acids is 2. The van der Waals surface area contributed by atoms with Crippen molar-refractivity contribution in [3.8, 4) is 11.5 Å². The van der Waals surface area contributed by atoms with Crippen LogP contribution in [-0.4, -0.2) is 29.9 Å². The first-order valence-corrected chi connectivity index (χ1v) is 10.5. The maximum atomic E-state index is 12.9. The Morgan fingerprint density at radius 1 is 1.23 bits per heavy atom. The van der Waals surface area contributed by atoms with E-state index in [0.29, 0.717) is 29.4 Å². The lowest BCUT2D eigenvalue weighted by atomic mass is 10.1. The fourth-order valence-electron chi connectivity index (χ4n) is 3.40. The fourth-order valence-corrected chi connectivity index (χ4v) is 4.02. The molecular formula is C23H22N2O4S. The molecule has 0 aliphatic carbocycles. The molecule has 4 rings (SSSR count). The molecule has 1 aliphatic heterocycles. The molecule has 0 fully saturated rings. The minimum absolute atomic E-state index is 0.0850. The topological polar surface area (TPSA) is 67.9 Å². The summed E-state index contributed by atoms with van der Waals surface area (Å²) in [5.41, 5.74) is 2.49. The second-order valence-corrected chi connectivity index (χ2v) is 8.01. The van der Waals surface area contributed by atoms with Gasteiger partial charge < -0.3 is 19.7 Å². The van der Waals surface area contributed by atoms with Crippen LogP contribution in [0.2, 0.25) is 0 Å². The van der Waals surface area contributed by atoms with Gasteiger partial charge in [-0.15, -0.1) is 11.3 Å². The van der Waals surface area contributed by atoms with Crippen molar-refractivity contribution in [2.45, 2.75) is 26.1 Å². The van der Waals surface area contributed by atoms with Crippen LogP contribution >= 0.6 is 11.3 Å². The summed E-state index contributed by atoms with van der Waals surface area (Å²) >= 11 is 1.39. The lowest BCUT2D eigenvalue weighted by Gasteiger charge is -2.22. The van der Waals surface area contributed by atoms with Crippen LogP contribution in [0.1, 0.15) is 27.7 Å². The van der Waals surface area contributed by atoms with Gasteiger partial charge in [-0.05, 0) is 54.3 Å². The van der Waals surface area contributed by atoms with Crippen molar-refractivity contribution >= 4 is 28.8 Å². The van der Waals surface area contributed by atoms with E-state index in [1.54, 1.807) is 37.1 Å². The summed E-state index contributed by atoms with van der Waals surface area (Å²) in [5, 5.41) is 4.78. The van der Waals surface area contributed by atoms with Gasteiger partial charge in [0.2, 0.25) is 0 Å². The maximum absolute atomic E-state index is 12.9. The molecule has 7 heteroatoms. The van der Waals surface area contributed by atoms with Gasteiger partial charge in [-0.1, -0.05) is 18.2 Å². The summed E-state index contributed by atoms with van der Waals surface area (Å²) in [4.78, 5) is 27.7. The molecule has 154 valence electrons. The molecule has 3 aromatic rings. The summed E-state index contributed by atoms with van der Waals surface area (Å²) in [6.45, 7) is 2.58. The minimum Gasteiger partial charge on any atom is -0.497 e. The van der Waals surface area contributed by atoms with Crippen molar-refractivity contribution in [3.05, 3.63) is 76.0 Å². The number of thiophene rings is 1. The molecular weight excluding hydrogens is 400 g/mol. The van der Waals surface area contributed by atoms with Gasteiger partial charge in [-0.25, -0.2) is 0 Å². The van der Waals surface area contributed by atoms with Gasteiger partial charge in [0.05, 0.1) is 12.0 Å². The van der Waals surface area contributed by atoms with Gasteiger partial charge in [0.15, 0.2) is 6.10 Å². The number of nitrogens with zero attached hydrogens (tertiary/aromatic N) is 1. The number of benzene rings is 2. The maximum Gasteiger partial charge on any atom is 0.265 e. The molecule has 0 unspecified atom stereocenters. The molecule has 0 saturated heterocycles. The van der Waals surface area contributed by atoms with E-state index in [1.165, 1.54) is 11.3 Å². The molecule has 1 N–H and O–H groups in total. The van der Waals surface area contributed by atoms with E-state index < -0.39 is 6.10 Å². The Hall–Kier alpha value is -3.32. The second-order valence-electron chi connectivity index (χ2n) is 7.06. The quantitative estimate of drug-likeness (QED) is 0.665. The Balaban J connectivity index is 1.57. The first-order chi connectivity index (χ1) is 14.5. The van der Waals surface area contributed by atoms with Crippen molar-refractivity contribution in [1.29, 1.82) is 0 Å². The Morgan fingerprint density at radius 2 is 2.10 bits per heavy atom. The van der Waals surface area contributed by atoms with Gasteiger partial charge >= 0.3 is 0 Å². The number of hydrogen-bond acceptors (Lipinski definition) is 5. The highest BCUT2D eigenvalue weighted by Crippen LogP contribution is 2.30. The second kappa shape index (κ2) is 8.59. The molecule has 2 amide bonds. The zero-order valence-electron chi connectivity index (χ0n) is 16.8. The summed E-state index contributed by atoms with van der Waals surface area (Å²) < 4.78 is 11.2. The summed E-state index contributed by atoms with van der Waals surface area (Å²) in [5.74, 6) is 1.16. The molecule has 6 nitrogen and oxygen atoms in total. The number of nitrogens with one attached hydrogen (secondary N) is 1. The number of rotatable bonds is 5. The molecule has 2 heterocycles. The van der Waals surface area contributed by atoms with E-state index in [1.807, 2.05) is 41.8 Å². The van der Waals surface area contributed by atoms with Gasteiger partial charge in [0.1, 0.15) is 11.5 Å². The van der Waals surface area contributed by atoms with Gasteiger partial charge in [-0.3, -0.25) is 9.59 Å². The molecule has 0 bridgehead atoms. The third-order valence-corrected chi connectivity index (χ3v) is 5.76. The van der Waals surface area contributed by atoms with E-state index >= 15 is 0 Å². The normalized spacial score (nSPS) is 15.7. The van der Waals surface area contributed by atoms with Crippen LogP contribution in [0.3, 0.4) is 0 Å². The van der Waals surface area contributed by atoms with Crippen LogP contribution in [0.4, 0.5) is 5.69 Å². The van der Waals surface area contributed by atoms with Gasteiger partial charge in [-0.2, -0.15) is 0 Å². The predicted octanol–water partition coefficient (Wildman–Crippen LogP) is 4.32. The zero-order chi connectivity index (χ0) is 21.1. The van der Waals surface area contributed by atoms with Gasteiger partial charge in [0.25, 0.3) is 11.8 Å². The highest BCUT2D eigenvalue weighted by atomic mass is 32.1. The molecule has 0 saturated carbocycles. The molecule has 2 aromatic carbocycles. The number of amides is 2. The number of ether oxygens (including phenoxy) is 2. The lowest BCUT2D eigenvalue weighted by molar-refractivity contribution is -0.138. The van der Waals surface area contributed by atoms with Gasteiger partial charge in [0, 0.05) is 24.3 Å². The first kappa shape index (κ1) is 20.0. The van der Waals surface area contributed by atoms with Crippen molar-refractivity contribution < 1.29 is 19.1 Å². The van der Waals surface area contributed by atoms with Crippen molar-refractivity contribution in [3.63, 3.8) is 0 Å². The van der Waals surface area contributed by atoms with Crippen molar-refractivity contribution in [1.82, 2.24) is 4.90 Å². The summed E-state index contributed by atoms with van der Waals surface area (Å²) in [6.07, 6.45) is -0.594. The average molecular weight is 423 g/mol. The van der Waals surface area contributed by atoms with Crippen LogP contribution in [0.5, 0.6) is 11.5 Å². The Kier molecular flexibility index (Phi) is 5.72. The van der Waals surface area contributed by atoms with E-state index in [0.717, 1.165) is 16.9 Å². The standard InChI is InChI=1S/C23H22N2O4S/c1-15-23(27)25(13-16-5-3-6-19(11-16)28-2)14-17-12-18(8-9-20(17)29-15)24-22(26)21-7-4-10-30-21/h3-12,15H,13-14H2,1-2H3,(H,24,26)/t15-/m1/s1. The summed E-state index contributed by atoms with van der Waals surface area (Å²) in [7, 11) is 1.62. The minimum atomic E-state index is -0.594. The molecule has 0 spiro atoms. The third-order valence-electron chi connectivity index (χ3n) is 4.90. The Labute approximate surface area is 179 Å². The van der Waals surface area contributed by atoms with Crippen LogP contribution in [0.25, 0.3) is 0 Å². The third kappa shape index (κ3) is 4.31. The average Bonchev–Trinajstić information content (AvgIpc) is 3.26. The van der Waals surface area contributed by atoms with Crippen molar-refractivity contribution in [2.24, 2.45) is 0 Å². The van der Waals surface area contributed by atoms with E-state index in [4.69, 9.17) is 9.47 Å². The Bertz CT molecular complexity index is 1060. The van der Waals surface area contributed by atoms with Crippen LogP contribution in [0.15, 0.2) is 60.0 Å².